The third-order valence-electron chi connectivity index (χ3n) is 4.55. The van der Waals surface area contributed by atoms with E-state index in [1.807, 2.05) is 37.3 Å². The highest BCUT2D eigenvalue weighted by molar-refractivity contribution is 5.91. The van der Waals surface area contributed by atoms with E-state index in [1.54, 1.807) is 12.1 Å². The third-order valence-corrected chi connectivity index (χ3v) is 4.55. The average Bonchev–Trinajstić information content (AvgIpc) is 2.53. The molecule has 0 fully saturated rings. The molecule has 1 aliphatic rings. The van der Waals surface area contributed by atoms with Crippen LogP contribution in [0.15, 0.2) is 48.5 Å². The summed E-state index contributed by atoms with van der Waals surface area (Å²) in [6, 6.07) is 13.2. The van der Waals surface area contributed by atoms with Gasteiger partial charge < -0.3 is 10.1 Å². The van der Waals surface area contributed by atoms with Gasteiger partial charge >= 0.3 is 5.97 Å². The maximum atomic E-state index is 12.4. The molecule has 0 spiro atoms. The summed E-state index contributed by atoms with van der Waals surface area (Å²) in [5, 5.41) is 3.54. The Hall–Kier alpha value is -2.55. The molecular formula is C23H27NO2. The smallest absolute Gasteiger partial charge is 0.343 e. The summed E-state index contributed by atoms with van der Waals surface area (Å²) in [7, 11) is 0. The van der Waals surface area contributed by atoms with Gasteiger partial charge in [0.25, 0.3) is 0 Å². The molecule has 0 aliphatic carbocycles. The number of esters is 1. The van der Waals surface area contributed by atoms with E-state index < -0.39 is 0 Å². The van der Waals surface area contributed by atoms with Crippen LogP contribution in [0, 0.1) is 12.3 Å². The van der Waals surface area contributed by atoms with Crippen molar-refractivity contribution in [3.8, 4) is 5.75 Å². The van der Waals surface area contributed by atoms with Crippen molar-refractivity contribution < 1.29 is 9.53 Å². The molecule has 0 bridgehead atoms. The molecule has 0 atom stereocenters. The van der Waals surface area contributed by atoms with Crippen LogP contribution in [0.25, 0.3) is 5.57 Å². The largest absolute Gasteiger partial charge is 0.423 e. The molecule has 1 heterocycles. The van der Waals surface area contributed by atoms with Gasteiger partial charge in [-0.3, -0.25) is 0 Å². The molecule has 0 saturated carbocycles. The van der Waals surface area contributed by atoms with Crippen LogP contribution < -0.4 is 10.1 Å². The Labute approximate surface area is 156 Å². The predicted octanol–water partition coefficient (Wildman–Crippen LogP) is 5.85. The van der Waals surface area contributed by atoms with Gasteiger partial charge in [-0.2, -0.15) is 0 Å². The molecule has 0 amide bonds. The van der Waals surface area contributed by atoms with Crippen LogP contribution in [0.2, 0.25) is 0 Å². The highest BCUT2D eigenvalue weighted by atomic mass is 16.5. The molecule has 26 heavy (non-hydrogen) atoms. The number of allylic oxidation sites excluding steroid dienone is 1. The van der Waals surface area contributed by atoms with E-state index in [0.717, 1.165) is 16.8 Å². The number of benzene rings is 2. The van der Waals surface area contributed by atoms with Gasteiger partial charge in [0.2, 0.25) is 0 Å². The lowest BCUT2D eigenvalue weighted by molar-refractivity contribution is 0.0734. The van der Waals surface area contributed by atoms with Gasteiger partial charge in [-0.1, -0.05) is 44.5 Å². The number of ether oxygens (including phenoxy) is 1. The van der Waals surface area contributed by atoms with Gasteiger partial charge in [0.1, 0.15) is 5.75 Å². The Morgan fingerprint density at radius 1 is 1.04 bits per heavy atom. The Bertz CT molecular complexity index is 868. The summed E-state index contributed by atoms with van der Waals surface area (Å²) < 4.78 is 5.63. The van der Waals surface area contributed by atoms with Gasteiger partial charge in [0, 0.05) is 11.3 Å². The number of nitrogens with one attached hydrogen (secondary N) is 1. The molecule has 3 rings (SSSR count). The number of hydrogen-bond acceptors (Lipinski definition) is 3. The minimum atomic E-state index is -0.338. The Balaban J connectivity index is 1.93. The van der Waals surface area contributed by atoms with Crippen molar-refractivity contribution in [3.05, 3.63) is 65.2 Å². The Morgan fingerprint density at radius 2 is 1.69 bits per heavy atom. The van der Waals surface area contributed by atoms with Crippen molar-refractivity contribution in [2.24, 2.45) is 5.41 Å². The second-order valence-corrected chi connectivity index (χ2v) is 8.62. The van der Waals surface area contributed by atoms with Crippen molar-refractivity contribution in [2.45, 2.75) is 47.1 Å². The number of fused-ring (bicyclic) bond motifs is 1. The summed E-state index contributed by atoms with van der Waals surface area (Å²) in [5.41, 5.74) is 4.96. The first kappa shape index (κ1) is 18.2. The molecule has 3 nitrogen and oxygen atoms in total. The monoisotopic (exact) mass is 349 g/mol. The number of rotatable bonds is 2. The first-order valence-corrected chi connectivity index (χ1v) is 9.00. The summed E-state index contributed by atoms with van der Waals surface area (Å²) in [6.45, 7) is 12.9. The minimum Gasteiger partial charge on any atom is -0.423 e. The molecule has 0 unspecified atom stereocenters. The van der Waals surface area contributed by atoms with E-state index in [0.29, 0.717) is 11.3 Å². The zero-order valence-electron chi connectivity index (χ0n) is 16.4. The number of carbonyl (C=O) groups excluding carboxylic acids is 1. The SMILES string of the molecule is Cc1ccc(C(=O)Oc2ccc3c(c2)C(C(C)(C)C)=CC(C)(C)N3)cc1. The maximum absolute atomic E-state index is 12.4. The van der Waals surface area contributed by atoms with Gasteiger partial charge in [-0.25, -0.2) is 4.79 Å². The molecule has 0 aromatic heterocycles. The van der Waals surface area contributed by atoms with E-state index in [4.69, 9.17) is 4.74 Å². The minimum absolute atomic E-state index is 0.00624. The molecule has 136 valence electrons. The molecular weight excluding hydrogens is 322 g/mol. The second-order valence-electron chi connectivity index (χ2n) is 8.62. The van der Waals surface area contributed by atoms with Crippen LogP contribution in [-0.4, -0.2) is 11.5 Å². The molecule has 0 saturated heterocycles. The van der Waals surface area contributed by atoms with Crippen LogP contribution in [0.4, 0.5) is 5.69 Å². The van der Waals surface area contributed by atoms with Gasteiger partial charge in [0.05, 0.1) is 11.1 Å². The number of hydrogen-bond donors (Lipinski definition) is 1. The average molecular weight is 349 g/mol. The highest BCUT2D eigenvalue weighted by Gasteiger charge is 2.30. The van der Waals surface area contributed by atoms with Gasteiger partial charge in [0.15, 0.2) is 0 Å². The van der Waals surface area contributed by atoms with Crippen LogP contribution >= 0.6 is 0 Å². The summed E-state index contributed by atoms with van der Waals surface area (Å²) in [6.07, 6.45) is 2.26. The molecule has 1 N–H and O–H groups in total. The standard InChI is InChI=1S/C23H27NO2/c1-15-7-9-16(10-8-15)21(25)26-17-11-12-20-18(13-17)19(22(2,3)4)14-23(5,6)24-20/h7-14,24H,1-6H3. The van der Waals surface area contributed by atoms with E-state index in [1.165, 1.54) is 5.57 Å². The number of aryl methyl sites for hydroxylation is 1. The van der Waals surface area contributed by atoms with E-state index in [2.05, 4.69) is 46.0 Å². The first-order valence-electron chi connectivity index (χ1n) is 9.00. The molecule has 2 aromatic rings. The van der Waals surface area contributed by atoms with Gasteiger partial charge in [-0.05, 0) is 62.1 Å². The lowest BCUT2D eigenvalue weighted by Crippen LogP contribution is -2.33. The predicted molar refractivity (Wildman–Crippen MR) is 108 cm³/mol. The van der Waals surface area contributed by atoms with Crippen LogP contribution in [0.5, 0.6) is 5.75 Å². The fraction of sp³-hybridized carbons (Fsp3) is 0.348. The zero-order chi connectivity index (χ0) is 19.1. The molecule has 2 aromatic carbocycles. The summed E-state index contributed by atoms with van der Waals surface area (Å²) in [5.74, 6) is 0.223. The zero-order valence-corrected chi connectivity index (χ0v) is 16.4. The fourth-order valence-corrected chi connectivity index (χ4v) is 3.22. The van der Waals surface area contributed by atoms with Crippen LogP contribution in [0.3, 0.4) is 0 Å². The second kappa shape index (κ2) is 6.31. The fourth-order valence-electron chi connectivity index (χ4n) is 3.22. The Kier molecular flexibility index (Phi) is 4.43. The highest BCUT2D eigenvalue weighted by Crippen LogP contribution is 2.44. The van der Waals surface area contributed by atoms with Crippen molar-refractivity contribution in [2.75, 3.05) is 5.32 Å². The van der Waals surface area contributed by atoms with E-state index >= 15 is 0 Å². The number of carbonyl (C=O) groups is 1. The van der Waals surface area contributed by atoms with Crippen molar-refractivity contribution in [3.63, 3.8) is 0 Å². The Morgan fingerprint density at radius 3 is 2.31 bits per heavy atom. The molecule has 0 radical (unpaired) electrons. The lowest BCUT2D eigenvalue weighted by Gasteiger charge is -2.37. The van der Waals surface area contributed by atoms with Crippen LogP contribution in [-0.2, 0) is 0 Å². The quantitative estimate of drug-likeness (QED) is 0.546. The normalized spacial score (nSPS) is 15.5. The molecule has 3 heteroatoms. The van der Waals surface area contributed by atoms with Gasteiger partial charge in [-0.15, -0.1) is 0 Å². The summed E-state index contributed by atoms with van der Waals surface area (Å²) >= 11 is 0. The summed E-state index contributed by atoms with van der Waals surface area (Å²) in [4.78, 5) is 12.4. The van der Waals surface area contributed by atoms with Crippen molar-refractivity contribution in [1.29, 1.82) is 0 Å². The van der Waals surface area contributed by atoms with Crippen molar-refractivity contribution >= 4 is 17.2 Å². The van der Waals surface area contributed by atoms with Crippen LogP contribution in [0.1, 0.15) is 56.1 Å². The van der Waals surface area contributed by atoms with E-state index in [9.17, 15) is 4.79 Å². The maximum Gasteiger partial charge on any atom is 0.343 e. The topological polar surface area (TPSA) is 38.3 Å². The molecule has 1 aliphatic heterocycles. The number of anilines is 1. The van der Waals surface area contributed by atoms with Crippen molar-refractivity contribution in [1.82, 2.24) is 0 Å². The third kappa shape index (κ3) is 3.82. The van der Waals surface area contributed by atoms with E-state index in [-0.39, 0.29) is 16.9 Å². The first-order chi connectivity index (χ1) is 12.0. The lowest BCUT2D eigenvalue weighted by atomic mass is 9.76.